The lowest BCUT2D eigenvalue weighted by atomic mass is 9.68. The minimum atomic E-state index is -0.0355. The highest BCUT2D eigenvalue weighted by atomic mass is 16.5. The highest BCUT2D eigenvalue weighted by molar-refractivity contribution is 6.08. The molecule has 0 bridgehead atoms. The quantitative estimate of drug-likeness (QED) is 0.155. The maximum absolute atomic E-state index is 9.76. The van der Waals surface area contributed by atoms with Gasteiger partial charge in [-0.15, -0.1) is 0 Å². The Hall–Kier alpha value is -5.46. The fourth-order valence-electron chi connectivity index (χ4n) is 7.78. The fourth-order valence-corrected chi connectivity index (χ4v) is 7.78. The molecule has 0 N–H and O–H groups in total. The minimum Gasteiger partial charge on any atom is -0.496 e. The monoisotopic (exact) mass is 646 g/mol. The Labute approximate surface area is 289 Å². The molecule has 49 heavy (non-hydrogen) atoms. The zero-order valence-corrected chi connectivity index (χ0v) is 29.2. The summed E-state index contributed by atoms with van der Waals surface area (Å²) in [6.45, 7) is 22.1. The van der Waals surface area contributed by atoms with E-state index in [-0.39, 0.29) is 16.5 Å². The third-order valence-corrected chi connectivity index (χ3v) is 10.5. The van der Waals surface area contributed by atoms with Crippen molar-refractivity contribution in [3.63, 3.8) is 0 Å². The van der Waals surface area contributed by atoms with Gasteiger partial charge in [-0.2, -0.15) is 0 Å². The van der Waals surface area contributed by atoms with Gasteiger partial charge in [-0.25, -0.2) is 10.1 Å². The minimum absolute atomic E-state index is 0.0216. The van der Waals surface area contributed by atoms with Crippen LogP contribution in [-0.2, 0) is 22.1 Å². The van der Waals surface area contributed by atoms with Crippen molar-refractivity contribution in [2.45, 2.75) is 64.8 Å². The number of hydrogen-bond donors (Lipinski definition) is 0. The second-order valence-electron chi connectivity index (χ2n) is 14.5. The Bertz CT molecular complexity index is 2240. The summed E-state index contributed by atoms with van der Waals surface area (Å²) in [5.74, 6) is 1.99. The largest absolute Gasteiger partial charge is 0.496 e. The van der Waals surface area contributed by atoms with Gasteiger partial charge in [0.2, 0.25) is 0 Å². The normalized spacial score (nSPS) is 18.9. The highest BCUT2D eigenvalue weighted by Gasteiger charge is 2.42. The van der Waals surface area contributed by atoms with E-state index < -0.39 is 0 Å². The van der Waals surface area contributed by atoms with E-state index in [0.29, 0.717) is 17.1 Å². The van der Waals surface area contributed by atoms with Crippen molar-refractivity contribution >= 4 is 39.6 Å². The van der Waals surface area contributed by atoms with Crippen LogP contribution in [0.2, 0.25) is 0 Å². The van der Waals surface area contributed by atoms with Gasteiger partial charge >= 0.3 is 0 Å². The van der Waals surface area contributed by atoms with Crippen LogP contribution in [0.5, 0.6) is 5.75 Å². The number of fused-ring (bicyclic) bond motifs is 3. The molecule has 0 fully saturated rings. The topological polar surface area (TPSA) is 54.8 Å². The van der Waals surface area contributed by atoms with Gasteiger partial charge in [0.25, 0.3) is 5.70 Å². The number of aromatic nitrogens is 1. The smallest absolute Gasteiger partial charge is 0.269 e. The Balaban J connectivity index is 1.26. The predicted molar refractivity (Wildman–Crippen MR) is 200 cm³/mol. The van der Waals surface area contributed by atoms with Crippen LogP contribution in [0.25, 0.3) is 38.8 Å². The van der Waals surface area contributed by atoms with Crippen LogP contribution in [0.1, 0.15) is 69.7 Å². The van der Waals surface area contributed by atoms with E-state index in [4.69, 9.17) is 16.0 Å². The Morgan fingerprint density at radius 1 is 0.939 bits per heavy atom. The molecule has 6 nitrogen and oxygen atoms in total. The first-order chi connectivity index (χ1) is 23.6. The van der Waals surface area contributed by atoms with Crippen molar-refractivity contribution in [1.82, 2.24) is 4.57 Å². The molecule has 0 amide bonds. The third-order valence-electron chi connectivity index (χ3n) is 10.5. The van der Waals surface area contributed by atoms with Crippen molar-refractivity contribution < 1.29 is 9.47 Å². The van der Waals surface area contributed by atoms with E-state index in [1.165, 1.54) is 38.6 Å². The number of ether oxygens (including phenoxy) is 2. The van der Waals surface area contributed by atoms with Gasteiger partial charge < -0.3 is 18.9 Å². The van der Waals surface area contributed by atoms with Gasteiger partial charge in [0.1, 0.15) is 17.3 Å². The molecule has 246 valence electrons. The van der Waals surface area contributed by atoms with Crippen LogP contribution < -0.4 is 9.64 Å². The second kappa shape index (κ2) is 12.2. The summed E-state index contributed by atoms with van der Waals surface area (Å²) in [5, 5.41) is 12.2. The van der Waals surface area contributed by atoms with Gasteiger partial charge in [-0.05, 0) is 102 Å². The maximum atomic E-state index is 9.76. The van der Waals surface area contributed by atoms with Crippen molar-refractivity contribution in [1.29, 1.82) is 5.26 Å². The number of benzene rings is 3. The lowest BCUT2D eigenvalue weighted by Crippen LogP contribution is -2.45. The number of allylic oxidation sites excluding steroid dienone is 6. The molecule has 0 saturated carbocycles. The van der Waals surface area contributed by atoms with E-state index in [0.717, 1.165) is 49.4 Å². The van der Waals surface area contributed by atoms with Gasteiger partial charge in [0.05, 0.1) is 19.8 Å². The van der Waals surface area contributed by atoms with Gasteiger partial charge in [-0.3, -0.25) is 0 Å². The number of nitrogens with zero attached hydrogens (tertiary/aromatic N) is 4. The number of nitriles is 1. The molecule has 1 aromatic heterocycles. The highest BCUT2D eigenvalue weighted by Crippen LogP contribution is 2.53. The zero-order chi connectivity index (χ0) is 34.5. The summed E-state index contributed by atoms with van der Waals surface area (Å²) in [4.78, 5) is 6.04. The first-order valence-corrected chi connectivity index (χ1v) is 17.1. The van der Waals surface area contributed by atoms with Gasteiger partial charge in [0.15, 0.2) is 0 Å². The molecular formula is C43H42N4O2. The average Bonchev–Trinajstić information content (AvgIpc) is 3.42. The molecule has 6 heteroatoms. The van der Waals surface area contributed by atoms with E-state index in [1.54, 1.807) is 19.3 Å². The van der Waals surface area contributed by atoms with Crippen LogP contribution in [-0.4, -0.2) is 24.8 Å². The summed E-state index contributed by atoms with van der Waals surface area (Å²) >= 11 is 0. The summed E-state index contributed by atoms with van der Waals surface area (Å²) in [5.41, 5.74) is 8.96. The average molecular weight is 647 g/mol. The van der Waals surface area contributed by atoms with E-state index in [2.05, 4.69) is 104 Å². The molecule has 0 unspecified atom stereocenters. The Morgan fingerprint density at radius 2 is 1.63 bits per heavy atom. The molecule has 7 rings (SSSR count). The lowest BCUT2D eigenvalue weighted by Gasteiger charge is -2.48. The van der Waals surface area contributed by atoms with Crippen molar-refractivity contribution in [3.05, 3.63) is 129 Å². The summed E-state index contributed by atoms with van der Waals surface area (Å²) in [6, 6.07) is 19.3. The molecule has 0 saturated heterocycles. The van der Waals surface area contributed by atoms with Crippen molar-refractivity contribution in [3.8, 4) is 11.8 Å². The Kier molecular flexibility index (Phi) is 8.00. The van der Waals surface area contributed by atoms with Crippen LogP contribution in [0, 0.1) is 17.9 Å². The fraction of sp³-hybridized carbons (Fsp3) is 0.302. The van der Waals surface area contributed by atoms with E-state index in [1.807, 2.05) is 24.3 Å². The van der Waals surface area contributed by atoms with Crippen molar-refractivity contribution in [2.24, 2.45) is 0 Å². The predicted octanol–water partition coefficient (Wildman–Crippen LogP) is 10.2. The first kappa shape index (κ1) is 32.1. The van der Waals surface area contributed by atoms with E-state index in [9.17, 15) is 5.26 Å². The molecular weight excluding hydrogens is 604 g/mol. The van der Waals surface area contributed by atoms with Crippen LogP contribution in [0.4, 0.5) is 5.69 Å². The van der Waals surface area contributed by atoms with Gasteiger partial charge in [-0.1, -0.05) is 58.0 Å². The Morgan fingerprint density at radius 3 is 2.33 bits per heavy atom. The summed E-state index contributed by atoms with van der Waals surface area (Å²) in [7, 11) is 1.76. The van der Waals surface area contributed by atoms with Crippen LogP contribution in [0.3, 0.4) is 0 Å². The molecule has 4 heterocycles. The molecule has 0 atom stereocenters. The summed E-state index contributed by atoms with van der Waals surface area (Å²) in [6.07, 6.45) is 13.6. The maximum Gasteiger partial charge on any atom is 0.269 e. The van der Waals surface area contributed by atoms with Crippen molar-refractivity contribution in [2.75, 3.05) is 25.1 Å². The molecule has 4 aromatic rings. The molecule has 3 aromatic carbocycles. The standard InChI is InChI=1S/C43H42N4O2/c1-8-47-37-12-10-9-11-33(37)34-23-28(14-18-38(34)47)13-16-31-24-30(36(27-44)45-6)25-32(49-31)17-15-29-26-35-40-39(41(29)48-7)43(4,5)20-22-46(40)21-19-42(35,2)3/h9-18,23-26H,8,19-22H2,1-5,7H3. The van der Waals surface area contributed by atoms with E-state index >= 15 is 0 Å². The molecule has 0 spiro atoms. The lowest BCUT2D eigenvalue weighted by molar-refractivity contribution is 0.332. The number of anilines is 1. The van der Waals surface area contributed by atoms with Crippen LogP contribution in [0.15, 0.2) is 95.6 Å². The van der Waals surface area contributed by atoms with Crippen LogP contribution >= 0.6 is 0 Å². The number of methoxy groups -OCH3 is 1. The molecule has 3 aliphatic rings. The first-order valence-electron chi connectivity index (χ1n) is 17.1. The number of para-hydroxylation sites is 1. The number of rotatable bonds is 6. The molecule has 0 radical (unpaired) electrons. The number of hydrogen-bond acceptors (Lipinski definition) is 4. The third kappa shape index (κ3) is 5.52. The SMILES string of the molecule is [C-]#[N+]C(C#N)=C1C=C(C=Cc2ccc3c(c2)c2ccccc2n3CC)OC(C=Cc2cc3c4c(c2OC)C(C)(C)CCN4CCC3(C)C)=C1. The van der Waals surface area contributed by atoms with Gasteiger partial charge in [0, 0.05) is 58.3 Å². The second-order valence-corrected chi connectivity index (χ2v) is 14.5. The molecule has 3 aliphatic heterocycles. The number of aryl methyl sites for hydroxylation is 1. The summed E-state index contributed by atoms with van der Waals surface area (Å²) < 4.78 is 14.9. The zero-order valence-electron chi connectivity index (χ0n) is 29.2. The molecule has 0 aliphatic carbocycles.